The molecule has 2 amide bonds. The average Bonchev–Trinajstić information content (AvgIpc) is 3.07. The zero-order chi connectivity index (χ0) is 30.5. The maximum Gasteiger partial charge on any atom is 0.252 e. The molecule has 1 atom stereocenters. The van der Waals surface area contributed by atoms with Crippen LogP contribution in [0.4, 0.5) is 0 Å². The summed E-state index contributed by atoms with van der Waals surface area (Å²) in [5.41, 5.74) is 4.78. The van der Waals surface area contributed by atoms with E-state index in [-0.39, 0.29) is 5.02 Å². The van der Waals surface area contributed by atoms with Gasteiger partial charge in [0.2, 0.25) is 5.91 Å². The van der Waals surface area contributed by atoms with Crippen LogP contribution in [0.3, 0.4) is 0 Å². The number of hydrogen-bond donors (Lipinski definition) is 2. The van der Waals surface area contributed by atoms with Crippen LogP contribution >= 0.6 is 23.2 Å². The number of para-hydroxylation sites is 1. The highest BCUT2D eigenvalue weighted by atomic mass is 35.5. The number of rotatable bonds is 8. The normalized spacial score (nSPS) is 11.7. The molecule has 44 heavy (non-hydrogen) atoms. The average molecular weight is 617 g/mol. The van der Waals surface area contributed by atoms with Gasteiger partial charge in [0.25, 0.3) is 5.91 Å². The summed E-state index contributed by atoms with van der Waals surface area (Å²) in [6, 6.07) is 41.5. The molecule has 6 aromatic rings. The van der Waals surface area contributed by atoms with E-state index in [0.717, 1.165) is 16.7 Å². The summed E-state index contributed by atoms with van der Waals surface area (Å²) in [6.07, 6.45) is 0. The van der Waals surface area contributed by atoms with Crippen LogP contribution < -0.4 is 10.6 Å². The third-order valence-electron chi connectivity index (χ3n) is 7.39. The Morgan fingerprint density at radius 3 is 1.86 bits per heavy atom. The first-order chi connectivity index (χ1) is 21.5. The third-order valence-corrected chi connectivity index (χ3v) is 7.96. The van der Waals surface area contributed by atoms with E-state index in [4.69, 9.17) is 28.2 Å². The van der Waals surface area contributed by atoms with Crippen LogP contribution in [0.1, 0.15) is 39.1 Å². The predicted molar refractivity (Wildman–Crippen MR) is 177 cm³/mol. The lowest BCUT2D eigenvalue weighted by molar-refractivity contribution is -0.123. The molecule has 0 spiro atoms. The van der Waals surface area contributed by atoms with Crippen molar-refractivity contribution in [3.63, 3.8) is 0 Å². The Labute approximate surface area is 265 Å². The Bertz CT molecular complexity index is 1890. The lowest BCUT2D eigenvalue weighted by Crippen LogP contribution is -2.42. The van der Waals surface area contributed by atoms with Gasteiger partial charge in [-0.25, -0.2) is 4.98 Å². The van der Waals surface area contributed by atoms with E-state index in [1.807, 2.05) is 115 Å². The molecular weight excluding hydrogens is 589 g/mol. The van der Waals surface area contributed by atoms with Crippen molar-refractivity contribution < 1.29 is 9.59 Å². The zero-order valence-corrected chi connectivity index (χ0v) is 25.0. The van der Waals surface area contributed by atoms with E-state index in [1.54, 1.807) is 24.3 Å². The van der Waals surface area contributed by atoms with E-state index in [1.165, 1.54) is 0 Å². The lowest BCUT2D eigenvalue weighted by Gasteiger charge is -2.25. The molecule has 0 saturated heterocycles. The van der Waals surface area contributed by atoms with Crippen LogP contribution in [0.15, 0.2) is 140 Å². The Hall–Kier alpha value is -4.97. The van der Waals surface area contributed by atoms with Gasteiger partial charge in [-0.3, -0.25) is 9.59 Å². The second-order valence-corrected chi connectivity index (χ2v) is 11.1. The number of carbonyl (C=O) groups excluding carboxylic acids is 2. The summed E-state index contributed by atoms with van der Waals surface area (Å²) in [6.45, 7) is 0. The molecular formula is C37H27Cl2N3O2. The molecule has 1 unspecified atom stereocenters. The number of pyridine rings is 1. The number of nitrogens with zero attached hydrogens (tertiary/aromatic N) is 1. The zero-order valence-electron chi connectivity index (χ0n) is 23.5. The number of amides is 2. The molecule has 216 valence electrons. The van der Waals surface area contributed by atoms with Crippen molar-refractivity contribution in [3.05, 3.63) is 172 Å². The van der Waals surface area contributed by atoms with Gasteiger partial charge in [-0.15, -0.1) is 0 Å². The minimum Gasteiger partial charge on any atom is -0.343 e. The molecule has 5 nitrogen and oxygen atoms in total. The first kappa shape index (κ1) is 29.1. The first-order valence-corrected chi connectivity index (χ1v) is 14.8. The number of nitrogens with one attached hydrogen (secondary N) is 2. The molecule has 0 fully saturated rings. The summed E-state index contributed by atoms with van der Waals surface area (Å²) in [5.74, 6) is -0.871. The maximum absolute atomic E-state index is 14.2. The number of fused-ring (bicyclic) bond motifs is 1. The Balaban J connectivity index is 1.41. The monoisotopic (exact) mass is 615 g/mol. The largest absolute Gasteiger partial charge is 0.343 e. The summed E-state index contributed by atoms with van der Waals surface area (Å²) in [7, 11) is 0. The van der Waals surface area contributed by atoms with Crippen LogP contribution in [0.25, 0.3) is 22.2 Å². The summed E-state index contributed by atoms with van der Waals surface area (Å²) < 4.78 is 0. The molecule has 0 bridgehead atoms. The number of halogens is 2. The topological polar surface area (TPSA) is 71.1 Å². The van der Waals surface area contributed by atoms with E-state index in [0.29, 0.717) is 32.7 Å². The molecule has 6 rings (SSSR count). The van der Waals surface area contributed by atoms with Crippen LogP contribution in [0.2, 0.25) is 10.0 Å². The molecule has 1 heterocycles. The van der Waals surface area contributed by atoms with Crippen molar-refractivity contribution in [2.45, 2.75) is 12.1 Å². The predicted octanol–water partition coefficient (Wildman–Crippen LogP) is 8.59. The highest BCUT2D eigenvalue weighted by molar-refractivity contribution is 6.35. The Morgan fingerprint density at radius 1 is 0.636 bits per heavy atom. The van der Waals surface area contributed by atoms with Crippen molar-refractivity contribution in [3.8, 4) is 11.3 Å². The van der Waals surface area contributed by atoms with Crippen molar-refractivity contribution in [1.82, 2.24) is 15.6 Å². The van der Waals surface area contributed by atoms with Crippen molar-refractivity contribution in [1.29, 1.82) is 0 Å². The number of hydrogen-bond acceptors (Lipinski definition) is 3. The van der Waals surface area contributed by atoms with Crippen molar-refractivity contribution in [2.24, 2.45) is 0 Å². The summed E-state index contributed by atoms with van der Waals surface area (Å²) >= 11 is 12.9. The van der Waals surface area contributed by atoms with Crippen LogP contribution in [0.5, 0.6) is 0 Å². The minimum absolute atomic E-state index is 0.262. The maximum atomic E-state index is 14.2. The van der Waals surface area contributed by atoms with Gasteiger partial charge in [0.05, 0.1) is 22.8 Å². The Morgan fingerprint density at radius 2 is 1.23 bits per heavy atom. The number of benzene rings is 5. The van der Waals surface area contributed by atoms with Gasteiger partial charge in [-0.2, -0.15) is 0 Å². The molecule has 7 heteroatoms. The molecule has 0 radical (unpaired) electrons. The number of aromatic nitrogens is 1. The second kappa shape index (κ2) is 13.1. The fourth-order valence-corrected chi connectivity index (χ4v) is 5.74. The van der Waals surface area contributed by atoms with Gasteiger partial charge in [0.1, 0.15) is 6.04 Å². The highest BCUT2D eigenvalue weighted by Gasteiger charge is 2.29. The van der Waals surface area contributed by atoms with Gasteiger partial charge >= 0.3 is 0 Å². The number of carbonyl (C=O) groups is 2. The molecule has 0 aliphatic rings. The fourth-order valence-electron chi connectivity index (χ4n) is 5.22. The van der Waals surface area contributed by atoms with Gasteiger partial charge in [0, 0.05) is 26.6 Å². The third kappa shape index (κ3) is 6.35. The van der Waals surface area contributed by atoms with E-state index < -0.39 is 23.9 Å². The molecule has 0 aliphatic carbocycles. The van der Waals surface area contributed by atoms with E-state index in [2.05, 4.69) is 10.6 Å². The highest BCUT2D eigenvalue weighted by Crippen LogP contribution is 2.30. The van der Waals surface area contributed by atoms with Crippen LogP contribution in [0, 0.1) is 0 Å². The van der Waals surface area contributed by atoms with Crippen molar-refractivity contribution in [2.75, 3.05) is 0 Å². The van der Waals surface area contributed by atoms with Crippen LogP contribution in [-0.4, -0.2) is 16.8 Å². The lowest BCUT2D eigenvalue weighted by atomic mass is 9.97. The van der Waals surface area contributed by atoms with Gasteiger partial charge in [-0.1, -0.05) is 138 Å². The van der Waals surface area contributed by atoms with E-state index in [9.17, 15) is 9.59 Å². The quantitative estimate of drug-likeness (QED) is 0.180. The SMILES string of the molecule is O=C(NC(C(=O)NC(c1ccccc1)c1ccccc1)c1ccc(Cl)cc1Cl)c1cc(-c2ccccc2)nc2ccccc12. The smallest absolute Gasteiger partial charge is 0.252 e. The molecule has 0 saturated carbocycles. The minimum atomic E-state index is -1.13. The molecule has 0 aliphatic heterocycles. The summed E-state index contributed by atoms with van der Waals surface area (Å²) in [4.78, 5) is 33.2. The standard InChI is InChI=1S/C37H27Cl2N3O2/c38-27-20-21-29(31(39)22-27)35(37(44)41-34(25-14-6-2-7-15-25)26-16-8-3-9-17-26)42-36(43)30-23-33(24-12-4-1-5-13-24)40-32-19-11-10-18-28(30)32/h1-23,34-35H,(H,41,44)(H,42,43). The first-order valence-electron chi connectivity index (χ1n) is 14.1. The molecule has 2 N–H and O–H groups in total. The molecule has 5 aromatic carbocycles. The Kier molecular flexibility index (Phi) is 8.69. The van der Waals surface area contributed by atoms with Crippen LogP contribution in [-0.2, 0) is 4.79 Å². The second-order valence-electron chi connectivity index (χ2n) is 10.3. The summed E-state index contributed by atoms with van der Waals surface area (Å²) in [5, 5.41) is 7.49. The van der Waals surface area contributed by atoms with Crippen molar-refractivity contribution >= 4 is 45.9 Å². The van der Waals surface area contributed by atoms with Gasteiger partial charge < -0.3 is 10.6 Å². The van der Waals surface area contributed by atoms with Gasteiger partial charge in [0.15, 0.2) is 0 Å². The molecule has 1 aromatic heterocycles. The van der Waals surface area contributed by atoms with Gasteiger partial charge in [-0.05, 0) is 35.4 Å². The van der Waals surface area contributed by atoms with E-state index >= 15 is 0 Å². The fraction of sp³-hybridized carbons (Fsp3) is 0.0541.